The van der Waals surface area contributed by atoms with Crippen LogP contribution in [0.15, 0.2) is 18.3 Å². The van der Waals surface area contributed by atoms with Gasteiger partial charge < -0.3 is 5.32 Å². The summed E-state index contributed by atoms with van der Waals surface area (Å²) in [4.78, 5) is 3.94. The maximum Gasteiger partial charge on any atom is 0.131 e. The molecule has 1 aliphatic carbocycles. The molecule has 0 atom stereocenters. The molecule has 0 radical (unpaired) electrons. The molecule has 4 heteroatoms. The van der Waals surface area contributed by atoms with Crippen LogP contribution in [0.5, 0.6) is 0 Å². The van der Waals surface area contributed by atoms with Gasteiger partial charge in [-0.05, 0) is 31.2 Å². The number of hydrogen-bond donors (Lipinski definition) is 1. The molecule has 0 spiro atoms. The lowest BCUT2D eigenvalue weighted by atomic mass is 10.3. The van der Waals surface area contributed by atoms with Crippen molar-refractivity contribution < 1.29 is 0 Å². The van der Waals surface area contributed by atoms with Gasteiger partial charge in [-0.1, -0.05) is 11.6 Å². The lowest BCUT2D eigenvalue weighted by Gasteiger charge is -2.13. The van der Waals surface area contributed by atoms with Crippen LogP contribution in [-0.4, -0.2) is 22.5 Å². The van der Waals surface area contributed by atoms with E-state index >= 15 is 0 Å². The van der Waals surface area contributed by atoms with E-state index in [2.05, 4.69) is 16.6 Å². The number of halogens is 1. The zero-order valence-electron chi connectivity index (χ0n) is 8.09. The predicted octanol–water partition coefficient (Wildman–Crippen LogP) is 3.04. The van der Waals surface area contributed by atoms with E-state index in [9.17, 15) is 0 Å². The number of pyridine rings is 1. The van der Waals surface area contributed by atoms with E-state index in [0.717, 1.165) is 12.2 Å². The van der Waals surface area contributed by atoms with E-state index in [1.165, 1.54) is 12.8 Å². The average Bonchev–Trinajstić information content (AvgIpc) is 2.96. The van der Waals surface area contributed by atoms with Gasteiger partial charge in [0.05, 0.1) is 0 Å². The Kier molecular flexibility index (Phi) is 2.88. The molecule has 0 saturated heterocycles. The summed E-state index contributed by atoms with van der Waals surface area (Å²) in [6.07, 6.45) is 6.54. The minimum atomic E-state index is 0.482. The van der Waals surface area contributed by atoms with Gasteiger partial charge in [0.2, 0.25) is 0 Å². The molecule has 0 aromatic carbocycles. The molecule has 76 valence electrons. The first-order chi connectivity index (χ1) is 6.74. The Labute approximate surface area is 93.4 Å². The smallest absolute Gasteiger partial charge is 0.131 e. The second-order valence-corrected chi connectivity index (χ2v) is 5.27. The van der Waals surface area contributed by atoms with E-state index in [0.29, 0.717) is 9.90 Å². The SMILES string of the molecule is CSC1(CNc2ccnc(Cl)c2)CC1. The van der Waals surface area contributed by atoms with Crippen molar-refractivity contribution in [3.8, 4) is 0 Å². The summed E-state index contributed by atoms with van der Waals surface area (Å²) >= 11 is 7.74. The molecule has 0 bridgehead atoms. The van der Waals surface area contributed by atoms with E-state index in [1.807, 2.05) is 23.9 Å². The first-order valence-corrected chi connectivity index (χ1v) is 6.25. The lowest BCUT2D eigenvalue weighted by molar-refractivity contribution is 0.948. The molecule has 1 N–H and O–H groups in total. The minimum absolute atomic E-state index is 0.482. The zero-order valence-corrected chi connectivity index (χ0v) is 9.66. The first kappa shape index (κ1) is 10.1. The van der Waals surface area contributed by atoms with Crippen LogP contribution < -0.4 is 5.32 Å². The maximum atomic E-state index is 5.79. The van der Waals surface area contributed by atoms with Crippen LogP contribution in [0, 0.1) is 0 Å². The number of thioether (sulfide) groups is 1. The highest BCUT2D eigenvalue weighted by Crippen LogP contribution is 2.47. The van der Waals surface area contributed by atoms with Crippen LogP contribution in [0.1, 0.15) is 12.8 Å². The Morgan fingerprint density at radius 2 is 2.43 bits per heavy atom. The number of nitrogens with one attached hydrogen (secondary N) is 1. The van der Waals surface area contributed by atoms with Gasteiger partial charge in [-0.15, -0.1) is 0 Å². The summed E-state index contributed by atoms with van der Waals surface area (Å²) in [7, 11) is 0. The number of anilines is 1. The molecule has 1 aromatic rings. The monoisotopic (exact) mass is 228 g/mol. The largest absolute Gasteiger partial charge is 0.384 e. The summed E-state index contributed by atoms with van der Waals surface area (Å²) in [5.41, 5.74) is 1.06. The van der Waals surface area contributed by atoms with Crippen molar-refractivity contribution in [2.24, 2.45) is 0 Å². The third kappa shape index (κ3) is 2.34. The van der Waals surface area contributed by atoms with Gasteiger partial charge in [-0.25, -0.2) is 4.98 Å². The molecule has 1 fully saturated rings. The molecule has 2 nitrogen and oxygen atoms in total. The topological polar surface area (TPSA) is 24.9 Å². The van der Waals surface area contributed by atoms with Gasteiger partial charge in [-0.3, -0.25) is 0 Å². The van der Waals surface area contributed by atoms with E-state index < -0.39 is 0 Å². The fourth-order valence-electron chi connectivity index (χ4n) is 1.37. The predicted molar refractivity (Wildman–Crippen MR) is 63.2 cm³/mol. The molecule has 1 saturated carbocycles. The second kappa shape index (κ2) is 3.99. The summed E-state index contributed by atoms with van der Waals surface area (Å²) in [5, 5.41) is 3.94. The zero-order chi connectivity index (χ0) is 10.0. The Balaban J connectivity index is 1.92. The Morgan fingerprint density at radius 3 is 3.00 bits per heavy atom. The highest BCUT2D eigenvalue weighted by atomic mass is 35.5. The second-order valence-electron chi connectivity index (χ2n) is 3.61. The van der Waals surface area contributed by atoms with Crippen molar-refractivity contribution in [2.45, 2.75) is 17.6 Å². The molecule has 0 unspecified atom stereocenters. The highest BCUT2D eigenvalue weighted by molar-refractivity contribution is 8.00. The summed E-state index contributed by atoms with van der Waals surface area (Å²) in [6, 6.07) is 3.81. The van der Waals surface area contributed by atoms with Crippen molar-refractivity contribution in [1.29, 1.82) is 0 Å². The lowest BCUT2D eigenvalue weighted by Crippen LogP contribution is -2.17. The molecule has 14 heavy (non-hydrogen) atoms. The normalized spacial score (nSPS) is 17.9. The molecular formula is C10H13ClN2S. The van der Waals surface area contributed by atoms with Crippen LogP contribution in [0.2, 0.25) is 5.15 Å². The number of aromatic nitrogens is 1. The van der Waals surface area contributed by atoms with Crippen LogP contribution >= 0.6 is 23.4 Å². The van der Waals surface area contributed by atoms with Gasteiger partial charge in [0.25, 0.3) is 0 Å². The third-order valence-corrected chi connectivity index (χ3v) is 4.21. The van der Waals surface area contributed by atoms with Crippen LogP contribution in [0.4, 0.5) is 5.69 Å². The molecule has 0 aliphatic heterocycles. The number of nitrogens with zero attached hydrogens (tertiary/aromatic N) is 1. The van der Waals surface area contributed by atoms with Gasteiger partial charge in [0.15, 0.2) is 0 Å². The van der Waals surface area contributed by atoms with Crippen molar-refractivity contribution in [2.75, 3.05) is 18.1 Å². The summed E-state index contributed by atoms with van der Waals surface area (Å²) < 4.78 is 0.482. The first-order valence-electron chi connectivity index (χ1n) is 4.65. The molecule has 0 amide bonds. The van der Waals surface area contributed by atoms with Crippen LogP contribution in [0.25, 0.3) is 0 Å². The van der Waals surface area contributed by atoms with Crippen molar-refractivity contribution in [3.05, 3.63) is 23.5 Å². The standard InChI is InChI=1S/C10H13ClN2S/c1-14-10(3-4-10)7-13-8-2-5-12-9(11)6-8/h2,5-6H,3-4,7H2,1H3,(H,12,13). The highest BCUT2D eigenvalue weighted by Gasteiger charge is 2.41. The minimum Gasteiger partial charge on any atom is -0.384 e. The quantitative estimate of drug-likeness (QED) is 0.802. The van der Waals surface area contributed by atoms with E-state index in [1.54, 1.807) is 6.20 Å². The average molecular weight is 229 g/mol. The molecule has 1 aliphatic rings. The Bertz CT molecular complexity index is 326. The van der Waals surface area contributed by atoms with E-state index in [4.69, 9.17) is 11.6 Å². The van der Waals surface area contributed by atoms with Gasteiger partial charge in [0, 0.05) is 23.2 Å². The molecule has 2 rings (SSSR count). The number of rotatable bonds is 4. The van der Waals surface area contributed by atoms with Crippen molar-refractivity contribution in [3.63, 3.8) is 0 Å². The van der Waals surface area contributed by atoms with Gasteiger partial charge >= 0.3 is 0 Å². The maximum absolute atomic E-state index is 5.79. The summed E-state index contributed by atoms with van der Waals surface area (Å²) in [5.74, 6) is 0. The van der Waals surface area contributed by atoms with Crippen molar-refractivity contribution in [1.82, 2.24) is 4.98 Å². The Morgan fingerprint density at radius 1 is 1.64 bits per heavy atom. The third-order valence-electron chi connectivity index (χ3n) is 2.58. The van der Waals surface area contributed by atoms with Crippen molar-refractivity contribution >= 4 is 29.1 Å². The molecular weight excluding hydrogens is 216 g/mol. The van der Waals surface area contributed by atoms with E-state index in [-0.39, 0.29) is 0 Å². The van der Waals surface area contributed by atoms with Gasteiger partial charge in [-0.2, -0.15) is 11.8 Å². The Hall–Kier alpha value is -0.410. The fourth-order valence-corrected chi connectivity index (χ4v) is 2.27. The van der Waals surface area contributed by atoms with Gasteiger partial charge in [0.1, 0.15) is 5.15 Å². The van der Waals surface area contributed by atoms with Crippen LogP contribution in [-0.2, 0) is 0 Å². The fraction of sp³-hybridized carbons (Fsp3) is 0.500. The van der Waals surface area contributed by atoms with Crippen LogP contribution in [0.3, 0.4) is 0 Å². The molecule has 1 heterocycles. The molecule has 1 aromatic heterocycles. The number of hydrogen-bond acceptors (Lipinski definition) is 3. The summed E-state index contributed by atoms with van der Waals surface area (Å²) in [6.45, 7) is 1.02.